The van der Waals surface area contributed by atoms with Crippen LogP contribution >= 0.6 is 0 Å². The highest BCUT2D eigenvalue weighted by Gasteiger charge is 2.23. The first-order valence-electron chi connectivity index (χ1n) is 6.71. The van der Waals surface area contributed by atoms with Crippen molar-refractivity contribution in [3.63, 3.8) is 0 Å². The first-order valence-corrected chi connectivity index (χ1v) is 6.71. The minimum atomic E-state index is 0.608. The van der Waals surface area contributed by atoms with Gasteiger partial charge in [0, 0.05) is 38.8 Å². The Bertz CT molecular complexity index is 186. The predicted molar refractivity (Wildman–Crippen MR) is 70.5 cm³/mol. The Balaban J connectivity index is 2.31. The zero-order chi connectivity index (χ0) is 12.1. The molecule has 3 heteroatoms. The van der Waals surface area contributed by atoms with Crippen LogP contribution in [-0.4, -0.2) is 55.1 Å². The molecule has 1 saturated heterocycles. The summed E-state index contributed by atoms with van der Waals surface area (Å²) in [7, 11) is 0. The number of rotatable bonds is 5. The van der Waals surface area contributed by atoms with Gasteiger partial charge in [-0.3, -0.25) is 4.90 Å². The Kier molecular flexibility index (Phi) is 5.73. The molecular formula is C13H29N3. The smallest absolute Gasteiger partial charge is 0.0113 e. The predicted octanol–water partition coefficient (Wildman–Crippen LogP) is 1.24. The fraction of sp³-hybridized carbons (Fsp3) is 1.00. The molecule has 3 nitrogen and oxygen atoms in total. The van der Waals surface area contributed by atoms with Crippen LogP contribution in [0.25, 0.3) is 0 Å². The molecule has 0 aromatic heterocycles. The highest BCUT2D eigenvalue weighted by atomic mass is 15.3. The Morgan fingerprint density at radius 2 is 1.56 bits per heavy atom. The third-order valence-electron chi connectivity index (χ3n) is 3.80. The molecule has 0 saturated carbocycles. The number of hydrogen-bond acceptors (Lipinski definition) is 3. The standard InChI is InChI=1S/C13H29N3/c1-11(2)10-15-5-7-16(8-6-15)13(4)12(3)9-14/h11-13H,5-10,14H2,1-4H3. The van der Waals surface area contributed by atoms with Gasteiger partial charge in [-0.25, -0.2) is 0 Å². The van der Waals surface area contributed by atoms with Gasteiger partial charge in [-0.2, -0.15) is 0 Å². The number of hydrogen-bond donors (Lipinski definition) is 1. The van der Waals surface area contributed by atoms with Crippen molar-refractivity contribution in [1.29, 1.82) is 0 Å². The van der Waals surface area contributed by atoms with Gasteiger partial charge in [-0.1, -0.05) is 20.8 Å². The van der Waals surface area contributed by atoms with Crippen LogP contribution in [0.15, 0.2) is 0 Å². The first-order chi connectivity index (χ1) is 7.54. The van der Waals surface area contributed by atoms with E-state index in [2.05, 4.69) is 37.5 Å². The van der Waals surface area contributed by atoms with E-state index in [1.165, 1.54) is 32.7 Å². The lowest BCUT2D eigenvalue weighted by Gasteiger charge is -2.40. The van der Waals surface area contributed by atoms with Crippen LogP contribution in [0.4, 0.5) is 0 Å². The average molecular weight is 227 g/mol. The molecule has 0 radical (unpaired) electrons. The Morgan fingerprint density at radius 1 is 1.00 bits per heavy atom. The van der Waals surface area contributed by atoms with Gasteiger partial charge >= 0.3 is 0 Å². The van der Waals surface area contributed by atoms with Crippen molar-refractivity contribution in [3.8, 4) is 0 Å². The van der Waals surface area contributed by atoms with E-state index in [-0.39, 0.29) is 0 Å². The Labute approximate surface area is 101 Å². The van der Waals surface area contributed by atoms with Gasteiger partial charge in [0.05, 0.1) is 0 Å². The zero-order valence-electron chi connectivity index (χ0n) is 11.4. The summed E-state index contributed by atoms with van der Waals surface area (Å²) in [5, 5.41) is 0. The molecule has 1 heterocycles. The highest BCUT2D eigenvalue weighted by Crippen LogP contribution is 2.13. The molecule has 0 aliphatic carbocycles. The molecule has 1 aliphatic rings. The van der Waals surface area contributed by atoms with E-state index in [0.717, 1.165) is 12.5 Å². The molecule has 0 spiro atoms. The van der Waals surface area contributed by atoms with Gasteiger partial charge in [0.15, 0.2) is 0 Å². The van der Waals surface area contributed by atoms with Crippen LogP contribution in [0.2, 0.25) is 0 Å². The fourth-order valence-corrected chi connectivity index (χ4v) is 2.43. The summed E-state index contributed by atoms with van der Waals surface area (Å²) >= 11 is 0. The molecule has 2 unspecified atom stereocenters. The summed E-state index contributed by atoms with van der Waals surface area (Å²) in [6.45, 7) is 16.1. The van der Waals surface area contributed by atoms with Crippen LogP contribution < -0.4 is 5.73 Å². The van der Waals surface area contributed by atoms with Gasteiger partial charge in [0.25, 0.3) is 0 Å². The van der Waals surface area contributed by atoms with Crippen molar-refractivity contribution in [2.24, 2.45) is 17.6 Å². The van der Waals surface area contributed by atoms with Crippen LogP contribution in [0.1, 0.15) is 27.7 Å². The number of nitrogens with zero attached hydrogens (tertiary/aromatic N) is 2. The first kappa shape index (κ1) is 13.9. The molecule has 1 aliphatic heterocycles. The monoisotopic (exact) mass is 227 g/mol. The second kappa shape index (κ2) is 6.58. The molecule has 2 atom stereocenters. The fourth-order valence-electron chi connectivity index (χ4n) is 2.43. The third kappa shape index (κ3) is 4.04. The Morgan fingerprint density at radius 3 is 2.00 bits per heavy atom. The van der Waals surface area contributed by atoms with Crippen molar-refractivity contribution < 1.29 is 0 Å². The van der Waals surface area contributed by atoms with Crippen molar-refractivity contribution in [2.75, 3.05) is 39.3 Å². The normalized spacial score (nSPS) is 23.6. The Hall–Kier alpha value is -0.120. The summed E-state index contributed by atoms with van der Waals surface area (Å²) in [6.07, 6.45) is 0. The van der Waals surface area contributed by atoms with Crippen LogP contribution in [0, 0.1) is 11.8 Å². The van der Waals surface area contributed by atoms with Gasteiger partial charge in [-0.15, -0.1) is 0 Å². The molecule has 96 valence electrons. The SMILES string of the molecule is CC(C)CN1CCN(C(C)C(C)CN)CC1. The molecule has 0 aromatic carbocycles. The number of nitrogens with two attached hydrogens (primary N) is 1. The zero-order valence-corrected chi connectivity index (χ0v) is 11.4. The summed E-state index contributed by atoms with van der Waals surface area (Å²) in [5.74, 6) is 1.39. The summed E-state index contributed by atoms with van der Waals surface area (Å²) in [6, 6.07) is 0.631. The largest absolute Gasteiger partial charge is 0.330 e. The molecule has 16 heavy (non-hydrogen) atoms. The van der Waals surface area contributed by atoms with E-state index in [1.807, 2.05) is 0 Å². The molecule has 0 amide bonds. The maximum atomic E-state index is 5.74. The molecule has 2 N–H and O–H groups in total. The van der Waals surface area contributed by atoms with E-state index in [9.17, 15) is 0 Å². The lowest BCUT2D eigenvalue weighted by Crippen LogP contribution is -2.52. The van der Waals surface area contributed by atoms with E-state index in [0.29, 0.717) is 12.0 Å². The quantitative estimate of drug-likeness (QED) is 0.767. The van der Waals surface area contributed by atoms with E-state index in [1.54, 1.807) is 0 Å². The van der Waals surface area contributed by atoms with Crippen LogP contribution in [-0.2, 0) is 0 Å². The van der Waals surface area contributed by atoms with E-state index < -0.39 is 0 Å². The van der Waals surface area contributed by atoms with Crippen molar-refractivity contribution in [2.45, 2.75) is 33.7 Å². The lowest BCUT2D eigenvalue weighted by molar-refractivity contribution is 0.0764. The van der Waals surface area contributed by atoms with Crippen molar-refractivity contribution >= 4 is 0 Å². The highest BCUT2D eigenvalue weighted by molar-refractivity contribution is 4.79. The molecule has 0 aromatic rings. The maximum Gasteiger partial charge on any atom is 0.0113 e. The minimum Gasteiger partial charge on any atom is -0.330 e. The summed E-state index contributed by atoms with van der Waals surface area (Å²) in [5.41, 5.74) is 5.74. The van der Waals surface area contributed by atoms with Crippen LogP contribution in [0.5, 0.6) is 0 Å². The second-order valence-electron chi connectivity index (χ2n) is 5.68. The topological polar surface area (TPSA) is 32.5 Å². The lowest BCUT2D eigenvalue weighted by atomic mass is 10.0. The van der Waals surface area contributed by atoms with Crippen molar-refractivity contribution in [3.05, 3.63) is 0 Å². The third-order valence-corrected chi connectivity index (χ3v) is 3.80. The molecule has 1 rings (SSSR count). The van der Waals surface area contributed by atoms with E-state index >= 15 is 0 Å². The number of piperazine rings is 1. The molecular weight excluding hydrogens is 198 g/mol. The van der Waals surface area contributed by atoms with Gasteiger partial charge in [0.1, 0.15) is 0 Å². The molecule has 1 fully saturated rings. The van der Waals surface area contributed by atoms with E-state index in [4.69, 9.17) is 5.73 Å². The van der Waals surface area contributed by atoms with Gasteiger partial charge < -0.3 is 10.6 Å². The second-order valence-corrected chi connectivity index (χ2v) is 5.68. The van der Waals surface area contributed by atoms with Gasteiger partial charge in [-0.05, 0) is 25.3 Å². The van der Waals surface area contributed by atoms with Gasteiger partial charge in [0.2, 0.25) is 0 Å². The van der Waals surface area contributed by atoms with Crippen molar-refractivity contribution in [1.82, 2.24) is 9.80 Å². The minimum absolute atomic E-state index is 0.608. The summed E-state index contributed by atoms with van der Waals surface area (Å²) in [4.78, 5) is 5.18. The van der Waals surface area contributed by atoms with Crippen LogP contribution in [0.3, 0.4) is 0 Å². The molecule has 0 bridgehead atoms. The summed E-state index contributed by atoms with van der Waals surface area (Å²) < 4.78 is 0. The average Bonchev–Trinajstić information content (AvgIpc) is 2.27. The maximum absolute atomic E-state index is 5.74.